The summed E-state index contributed by atoms with van der Waals surface area (Å²) in [5.74, 6) is -0.479. The molecule has 0 saturated carbocycles. The molecule has 3 unspecified atom stereocenters. The van der Waals surface area contributed by atoms with Crippen molar-refractivity contribution in [1.29, 1.82) is 0 Å². The summed E-state index contributed by atoms with van der Waals surface area (Å²) in [6.45, 7) is 6.50. The van der Waals surface area contributed by atoms with Crippen molar-refractivity contribution < 1.29 is 24.5 Å². The highest BCUT2D eigenvalue weighted by atomic mass is 16.5. The largest absolute Gasteiger partial charge is 0.462 e. The molecule has 6 heteroatoms. The number of carbonyl (C=O) groups excluding carboxylic acids is 2. The molecule has 0 aliphatic carbocycles. The van der Waals surface area contributed by atoms with E-state index in [0.717, 1.165) is 70.6 Å². The third kappa shape index (κ3) is 52.2. The summed E-state index contributed by atoms with van der Waals surface area (Å²) >= 11 is 0. The maximum absolute atomic E-state index is 13.3. The molecule has 0 heterocycles. The molecule has 3 N–H and O–H groups in total. The molecule has 0 aromatic rings. The zero-order chi connectivity index (χ0) is 50.2. The van der Waals surface area contributed by atoms with E-state index in [1.165, 1.54) is 212 Å². The number of allylic oxidation sites excluding steroid dienone is 6. The minimum atomic E-state index is -0.790. The van der Waals surface area contributed by atoms with Gasteiger partial charge in [0.05, 0.1) is 25.2 Å². The van der Waals surface area contributed by atoms with Crippen molar-refractivity contribution in [1.82, 2.24) is 5.32 Å². The second-order valence-electron chi connectivity index (χ2n) is 21.1. The fourth-order valence-electron chi connectivity index (χ4n) is 9.56. The number of amides is 1. The summed E-state index contributed by atoms with van der Waals surface area (Å²) in [7, 11) is 0. The van der Waals surface area contributed by atoms with Gasteiger partial charge in [0.1, 0.15) is 6.10 Å². The average Bonchev–Trinajstić information content (AvgIpc) is 3.34. The standard InChI is InChI=1S/C63H119NO5/c1-4-7-10-13-16-19-22-25-28-31-34-37-40-43-46-49-52-55-61(66)60(58-65)64-62(67)57-59(54-51-48-45-42-39-36-33-30-27-24-21-18-15-12-9-6-3)69-63(68)56-53-50-47-44-41-38-35-32-29-26-23-20-17-14-11-8-5-2/h17,20,26,29,35,38,59-61,65-66H,4-16,18-19,21-25,27-28,30-34,36-37,39-58H2,1-3H3,(H,64,67)/b20-17-,29-26-,38-35-. The maximum Gasteiger partial charge on any atom is 0.306 e. The fourth-order valence-corrected chi connectivity index (χ4v) is 9.56. The molecule has 406 valence electrons. The number of nitrogens with one attached hydrogen (secondary N) is 1. The van der Waals surface area contributed by atoms with Crippen molar-refractivity contribution in [2.24, 2.45) is 0 Å². The van der Waals surface area contributed by atoms with E-state index in [1.807, 2.05) is 0 Å². The molecule has 0 aliphatic rings. The van der Waals surface area contributed by atoms with Crippen molar-refractivity contribution in [3.8, 4) is 0 Å². The van der Waals surface area contributed by atoms with Crippen molar-refractivity contribution in [2.45, 2.75) is 347 Å². The molecule has 0 aromatic carbocycles. The number of carbonyl (C=O) groups is 2. The van der Waals surface area contributed by atoms with Gasteiger partial charge in [0.2, 0.25) is 5.91 Å². The molecule has 3 atom stereocenters. The first-order valence-electron chi connectivity index (χ1n) is 30.7. The van der Waals surface area contributed by atoms with Gasteiger partial charge in [-0.15, -0.1) is 0 Å². The highest BCUT2D eigenvalue weighted by Crippen LogP contribution is 2.19. The van der Waals surface area contributed by atoms with E-state index < -0.39 is 18.2 Å². The lowest BCUT2D eigenvalue weighted by molar-refractivity contribution is -0.151. The Bertz CT molecular complexity index is 1130. The normalized spacial score (nSPS) is 13.3. The van der Waals surface area contributed by atoms with Gasteiger partial charge in [-0.1, -0.05) is 288 Å². The van der Waals surface area contributed by atoms with E-state index in [0.29, 0.717) is 19.3 Å². The Balaban J connectivity index is 4.54. The molecule has 0 spiro atoms. The maximum atomic E-state index is 13.3. The monoisotopic (exact) mass is 970 g/mol. The third-order valence-electron chi connectivity index (χ3n) is 14.2. The van der Waals surface area contributed by atoms with E-state index in [9.17, 15) is 19.8 Å². The topological polar surface area (TPSA) is 95.9 Å². The molecular formula is C63H119NO5. The predicted octanol–water partition coefficient (Wildman–Crippen LogP) is 19.2. The highest BCUT2D eigenvalue weighted by Gasteiger charge is 2.24. The van der Waals surface area contributed by atoms with Gasteiger partial charge in [-0.05, 0) is 64.2 Å². The number of aliphatic hydroxyl groups excluding tert-OH is 2. The Morgan fingerprint density at radius 3 is 1.14 bits per heavy atom. The Morgan fingerprint density at radius 1 is 0.420 bits per heavy atom. The van der Waals surface area contributed by atoms with Crippen LogP contribution in [0.5, 0.6) is 0 Å². The number of hydrogen-bond donors (Lipinski definition) is 3. The molecule has 0 aliphatic heterocycles. The van der Waals surface area contributed by atoms with Crippen molar-refractivity contribution >= 4 is 11.9 Å². The van der Waals surface area contributed by atoms with Gasteiger partial charge in [0.25, 0.3) is 0 Å². The Kier molecular flexibility index (Phi) is 55.4. The van der Waals surface area contributed by atoms with Crippen LogP contribution in [0.25, 0.3) is 0 Å². The third-order valence-corrected chi connectivity index (χ3v) is 14.2. The quantitative estimate of drug-likeness (QED) is 0.0321. The van der Waals surface area contributed by atoms with Crippen LogP contribution in [-0.2, 0) is 14.3 Å². The van der Waals surface area contributed by atoms with Gasteiger partial charge in [0.15, 0.2) is 0 Å². The molecule has 0 saturated heterocycles. The summed E-state index contributed by atoms with van der Waals surface area (Å²) in [5.41, 5.74) is 0. The van der Waals surface area contributed by atoms with Crippen LogP contribution in [-0.4, -0.2) is 46.9 Å². The lowest BCUT2D eigenvalue weighted by atomic mass is 10.0. The molecule has 1 amide bonds. The lowest BCUT2D eigenvalue weighted by Gasteiger charge is -2.24. The first kappa shape index (κ1) is 67.1. The van der Waals surface area contributed by atoms with E-state index in [4.69, 9.17) is 4.74 Å². The summed E-state index contributed by atoms with van der Waals surface area (Å²) in [6.07, 6.45) is 69.3. The first-order valence-corrected chi connectivity index (χ1v) is 30.7. The smallest absolute Gasteiger partial charge is 0.306 e. The minimum Gasteiger partial charge on any atom is -0.462 e. The number of esters is 1. The van der Waals surface area contributed by atoms with Crippen LogP contribution in [0.4, 0.5) is 0 Å². The number of hydrogen-bond acceptors (Lipinski definition) is 5. The molecule has 6 nitrogen and oxygen atoms in total. The molecule has 69 heavy (non-hydrogen) atoms. The number of rotatable bonds is 56. The van der Waals surface area contributed by atoms with Gasteiger partial charge in [0, 0.05) is 6.42 Å². The SMILES string of the molecule is CCCCC/C=C\C/C=C\C/C=C\CCCCCCC(=O)OC(CCCCCCCCCCCCCCCCCC)CC(=O)NC(CO)C(O)CCCCCCCCCCCCCCCCCCC. The average molecular weight is 971 g/mol. The zero-order valence-electron chi connectivity index (χ0n) is 46.5. The van der Waals surface area contributed by atoms with Crippen LogP contribution in [0, 0.1) is 0 Å². The van der Waals surface area contributed by atoms with Crippen LogP contribution < -0.4 is 5.32 Å². The minimum absolute atomic E-state index is 0.0735. The Morgan fingerprint density at radius 2 is 0.739 bits per heavy atom. The summed E-state index contributed by atoms with van der Waals surface area (Å²) in [6, 6.07) is -0.705. The van der Waals surface area contributed by atoms with Crippen LogP contribution >= 0.6 is 0 Å². The van der Waals surface area contributed by atoms with Gasteiger partial charge < -0.3 is 20.3 Å². The molecule has 0 aromatic heterocycles. The van der Waals surface area contributed by atoms with Crippen LogP contribution in [0.3, 0.4) is 0 Å². The summed E-state index contributed by atoms with van der Waals surface area (Å²) < 4.78 is 5.97. The van der Waals surface area contributed by atoms with E-state index in [1.54, 1.807) is 0 Å². The van der Waals surface area contributed by atoms with E-state index in [-0.39, 0.29) is 24.9 Å². The Hall–Kier alpha value is -1.92. The van der Waals surface area contributed by atoms with Crippen molar-refractivity contribution in [3.05, 3.63) is 36.5 Å². The second kappa shape index (κ2) is 57.0. The molecule has 0 radical (unpaired) electrons. The number of unbranched alkanes of at least 4 members (excludes halogenated alkanes) is 38. The van der Waals surface area contributed by atoms with E-state index in [2.05, 4.69) is 62.5 Å². The molecule has 0 rings (SSSR count). The highest BCUT2D eigenvalue weighted by molar-refractivity contribution is 5.77. The number of ether oxygens (including phenoxy) is 1. The van der Waals surface area contributed by atoms with Gasteiger partial charge in [-0.3, -0.25) is 9.59 Å². The summed E-state index contributed by atoms with van der Waals surface area (Å²) in [4.78, 5) is 26.3. The summed E-state index contributed by atoms with van der Waals surface area (Å²) in [5, 5.41) is 24.0. The van der Waals surface area contributed by atoms with Crippen LogP contribution in [0.2, 0.25) is 0 Å². The predicted molar refractivity (Wildman–Crippen MR) is 301 cm³/mol. The van der Waals surface area contributed by atoms with Gasteiger partial charge in [-0.2, -0.15) is 0 Å². The van der Waals surface area contributed by atoms with Crippen LogP contribution in [0.15, 0.2) is 36.5 Å². The Labute approximate surface area is 430 Å². The fraction of sp³-hybridized carbons (Fsp3) is 0.873. The zero-order valence-corrected chi connectivity index (χ0v) is 46.5. The molecular weight excluding hydrogens is 851 g/mol. The number of aliphatic hydroxyl groups is 2. The van der Waals surface area contributed by atoms with Gasteiger partial charge >= 0.3 is 5.97 Å². The van der Waals surface area contributed by atoms with Crippen molar-refractivity contribution in [3.63, 3.8) is 0 Å². The van der Waals surface area contributed by atoms with Gasteiger partial charge in [-0.25, -0.2) is 0 Å². The van der Waals surface area contributed by atoms with Crippen molar-refractivity contribution in [2.75, 3.05) is 6.61 Å². The van der Waals surface area contributed by atoms with Crippen LogP contribution in [0.1, 0.15) is 329 Å². The van der Waals surface area contributed by atoms with E-state index >= 15 is 0 Å². The molecule has 0 fully saturated rings. The lowest BCUT2D eigenvalue weighted by Crippen LogP contribution is -2.46. The first-order chi connectivity index (χ1) is 34.0. The second-order valence-corrected chi connectivity index (χ2v) is 21.1. The molecule has 0 bridgehead atoms.